The molecule has 0 radical (unpaired) electrons. The predicted molar refractivity (Wildman–Crippen MR) is 105 cm³/mol. The van der Waals surface area contributed by atoms with Gasteiger partial charge >= 0.3 is 0 Å². The zero-order chi connectivity index (χ0) is 19.4. The van der Waals surface area contributed by atoms with Gasteiger partial charge in [0.2, 0.25) is 5.91 Å². The molecule has 1 fully saturated rings. The molecule has 0 saturated carbocycles. The number of hydrogen-bond acceptors (Lipinski definition) is 3. The summed E-state index contributed by atoms with van der Waals surface area (Å²) in [6.07, 6.45) is 0.412. The van der Waals surface area contributed by atoms with Crippen LogP contribution >= 0.6 is 0 Å². The Morgan fingerprint density at radius 1 is 0.926 bits per heavy atom. The van der Waals surface area contributed by atoms with Gasteiger partial charge in [-0.3, -0.25) is 9.59 Å². The van der Waals surface area contributed by atoms with Crippen LogP contribution in [0.2, 0.25) is 0 Å². The van der Waals surface area contributed by atoms with Crippen LogP contribution in [0.25, 0.3) is 0 Å². The van der Waals surface area contributed by atoms with Gasteiger partial charge in [0, 0.05) is 31.7 Å². The van der Waals surface area contributed by atoms with Crippen LogP contribution in [-0.4, -0.2) is 54.9 Å². The first kappa shape index (κ1) is 19.0. The molecular formula is C22H26N2O3. The highest BCUT2D eigenvalue weighted by Gasteiger charge is 2.25. The summed E-state index contributed by atoms with van der Waals surface area (Å²) in [5, 5.41) is 0. The maximum Gasteiger partial charge on any atom is 0.254 e. The largest absolute Gasteiger partial charge is 0.496 e. The molecule has 1 heterocycles. The summed E-state index contributed by atoms with van der Waals surface area (Å²) < 4.78 is 5.31. The molecular weight excluding hydrogens is 340 g/mol. The van der Waals surface area contributed by atoms with Crippen LogP contribution in [-0.2, 0) is 11.2 Å². The first-order chi connectivity index (χ1) is 13.0. The van der Waals surface area contributed by atoms with E-state index in [-0.39, 0.29) is 11.8 Å². The second kappa shape index (κ2) is 8.25. The van der Waals surface area contributed by atoms with Crippen molar-refractivity contribution in [3.8, 4) is 5.75 Å². The number of carbonyl (C=O) groups is 2. The van der Waals surface area contributed by atoms with Crippen LogP contribution in [0.3, 0.4) is 0 Å². The minimum Gasteiger partial charge on any atom is -0.496 e. The molecule has 0 spiro atoms. The molecule has 5 nitrogen and oxygen atoms in total. The summed E-state index contributed by atoms with van der Waals surface area (Å²) in [5.41, 5.74) is 3.82. The first-order valence-electron chi connectivity index (χ1n) is 9.26. The number of benzene rings is 2. The number of piperazine rings is 1. The number of rotatable bonds is 4. The van der Waals surface area contributed by atoms with E-state index in [0.29, 0.717) is 43.9 Å². The molecule has 0 aliphatic carbocycles. The highest BCUT2D eigenvalue weighted by molar-refractivity contribution is 5.95. The van der Waals surface area contributed by atoms with Crippen molar-refractivity contribution in [2.45, 2.75) is 20.3 Å². The smallest absolute Gasteiger partial charge is 0.254 e. The van der Waals surface area contributed by atoms with Gasteiger partial charge in [0.1, 0.15) is 5.75 Å². The van der Waals surface area contributed by atoms with Gasteiger partial charge in [-0.1, -0.05) is 30.3 Å². The summed E-state index contributed by atoms with van der Waals surface area (Å²) in [7, 11) is 1.61. The Labute approximate surface area is 160 Å². The standard InChI is InChI=1S/C22H26N2O3/c1-16-6-4-5-7-18(16)15-21(25)23-10-12-24(13-11-23)22(26)19-9-8-17(2)20(14-19)27-3/h4-9,14H,10-13,15H2,1-3H3. The molecule has 1 aliphatic rings. The zero-order valence-electron chi connectivity index (χ0n) is 16.2. The third-order valence-electron chi connectivity index (χ3n) is 5.18. The topological polar surface area (TPSA) is 49.9 Å². The van der Waals surface area contributed by atoms with Gasteiger partial charge < -0.3 is 14.5 Å². The fourth-order valence-electron chi connectivity index (χ4n) is 3.38. The molecule has 142 valence electrons. The summed E-state index contributed by atoms with van der Waals surface area (Å²) in [6, 6.07) is 13.5. The van der Waals surface area contributed by atoms with E-state index in [1.54, 1.807) is 13.2 Å². The highest BCUT2D eigenvalue weighted by Crippen LogP contribution is 2.20. The van der Waals surface area contributed by atoms with E-state index in [0.717, 1.165) is 16.7 Å². The second-order valence-electron chi connectivity index (χ2n) is 6.96. The predicted octanol–water partition coefficient (Wildman–Crippen LogP) is 2.84. The van der Waals surface area contributed by atoms with Gasteiger partial charge in [0.15, 0.2) is 0 Å². The Kier molecular flexibility index (Phi) is 5.79. The van der Waals surface area contributed by atoms with Gasteiger partial charge in [-0.05, 0) is 42.7 Å². The SMILES string of the molecule is COc1cc(C(=O)N2CCN(C(=O)Cc3ccccc3C)CC2)ccc1C. The molecule has 3 rings (SSSR count). The fourth-order valence-corrected chi connectivity index (χ4v) is 3.38. The van der Waals surface area contributed by atoms with Crippen LogP contribution in [0.5, 0.6) is 5.75 Å². The average Bonchev–Trinajstić information content (AvgIpc) is 2.69. The maximum atomic E-state index is 12.8. The van der Waals surface area contributed by atoms with Crippen LogP contribution in [0.15, 0.2) is 42.5 Å². The molecule has 27 heavy (non-hydrogen) atoms. The average molecular weight is 366 g/mol. The highest BCUT2D eigenvalue weighted by atomic mass is 16.5. The lowest BCUT2D eigenvalue weighted by Crippen LogP contribution is -2.51. The zero-order valence-corrected chi connectivity index (χ0v) is 16.2. The number of nitrogens with zero attached hydrogens (tertiary/aromatic N) is 2. The van der Waals surface area contributed by atoms with Gasteiger partial charge in [-0.15, -0.1) is 0 Å². The second-order valence-corrected chi connectivity index (χ2v) is 6.96. The first-order valence-corrected chi connectivity index (χ1v) is 9.26. The molecule has 0 N–H and O–H groups in total. The van der Waals surface area contributed by atoms with Gasteiger partial charge in [0.05, 0.1) is 13.5 Å². The van der Waals surface area contributed by atoms with E-state index >= 15 is 0 Å². The summed E-state index contributed by atoms with van der Waals surface area (Å²) in [6.45, 7) is 6.21. The van der Waals surface area contributed by atoms with Crippen LogP contribution in [0.4, 0.5) is 0 Å². The van der Waals surface area contributed by atoms with Crippen molar-refractivity contribution in [1.29, 1.82) is 0 Å². The Balaban J connectivity index is 1.59. The monoisotopic (exact) mass is 366 g/mol. The van der Waals surface area contributed by atoms with Crippen molar-refractivity contribution in [3.05, 3.63) is 64.7 Å². The fraction of sp³-hybridized carbons (Fsp3) is 0.364. The molecule has 1 aliphatic heterocycles. The number of methoxy groups -OCH3 is 1. The van der Waals surface area contributed by atoms with Crippen LogP contribution in [0, 0.1) is 13.8 Å². The van der Waals surface area contributed by atoms with Crippen molar-refractivity contribution in [2.75, 3.05) is 33.3 Å². The van der Waals surface area contributed by atoms with Crippen LogP contribution < -0.4 is 4.74 Å². The summed E-state index contributed by atoms with van der Waals surface area (Å²) >= 11 is 0. The third kappa shape index (κ3) is 4.30. The molecule has 5 heteroatoms. The minimum atomic E-state index is -0.0145. The lowest BCUT2D eigenvalue weighted by Gasteiger charge is -2.35. The summed E-state index contributed by atoms with van der Waals surface area (Å²) in [5.74, 6) is 0.820. The normalized spacial score (nSPS) is 14.2. The Hall–Kier alpha value is -2.82. The van der Waals surface area contributed by atoms with Crippen molar-refractivity contribution in [1.82, 2.24) is 9.80 Å². The van der Waals surface area contributed by atoms with E-state index in [9.17, 15) is 9.59 Å². The summed E-state index contributed by atoms with van der Waals surface area (Å²) in [4.78, 5) is 29.0. The van der Waals surface area contributed by atoms with Gasteiger partial charge in [-0.2, -0.15) is 0 Å². The van der Waals surface area contributed by atoms with Crippen molar-refractivity contribution >= 4 is 11.8 Å². The molecule has 2 amide bonds. The number of aryl methyl sites for hydroxylation is 2. The Bertz CT molecular complexity index is 839. The van der Waals surface area contributed by atoms with E-state index in [2.05, 4.69) is 0 Å². The Morgan fingerprint density at radius 3 is 2.26 bits per heavy atom. The number of carbonyl (C=O) groups excluding carboxylic acids is 2. The van der Waals surface area contributed by atoms with Crippen molar-refractivity contribution in [2.24, 2.45) is 0 Å². The van der Waals surface area contributed by atoms with E-state index in [1.807, 2.05) is 60.0 Å². The lowest BCUT2D eigenvalue weighted by molar-refractivity contribution is -0.131. The minimum absolute atomic E-state index is 0.0145. The van der Waals surface area contributed by atoms with Crippen molar-refractivity contribution < 1.29 is 14.3 Å². The molecule has 0 bridgehead atoms. The van der Waals surface area contributed by atoms with Gasteiger partial charge in [0.25, 0.3) is 5.91 Å². The number of hydrogen-bond donors (Lipinski definition) is 0. The molecule has 0 unspecified atom stereocenters. The van der Waals surface area contributed by atoms with Gasteiger partial charge in [-0.25, -0.2) is 0 Å². The van der Waals surface area contributed by atoms with E-state index < -0.39 is 0 Å². The molecule has 2 aromatic carbocycles. The van der Waals surface area contributed by atoms with Crippen molar-refractivity contribution in [3.63, 3.8) is 0 Å². The molecule has 2 aromatic rings. The molecule has 0 atom stereocenters. The molecule has 0 aromatic heterocycles. The van der Waals surface area contributed by atoms with E-state index in [4.69, 9.17) is 4.74 Å². The Morgan fingerprint density at radius 2 is 1.59 bits per heavy atom. The quantitative estimate of drug-likeness (QED) is 0.836. The lowest BCUT2D eigenvalue weighted by atomic mass is 10.0. The molecule has 1 saturated heterocycles. The maximum absolute atomic E-state index is 12.8. The van der Waals surface area contributed by atoms with E-state index in [1.165, 1.54) is 0 Å². The van der Waals surface area contributed by atoms with Crippen LogP contribution in [0.1, 0.15) is 27.0 Å². The third-order valence-corrected chi connectivity index (χ3v) is 5.18. The number of ether oxygens (including phenoxy) is 1. The number of amides is 2.